The smallest absolute Gasteiger partial charge is 0.228 e. The van der Waals surface area contributed by atoms with Crippen LogP contribution in [0.5, 0.6) is 0 Å². The van der Waals surface area contributed by atoms with E-state index >= 15 is 0 Å². The zero-order valence-electron chi connectivity index (χ0n) is 10.9. The predicted octanol–water partition coefficient (Wildman–Crippen LogP) is 2.74. The topological polar surface area (TPSA) is 71.5 Å². The number of aromatic amines is 1. The minimum atomic E-state index is -0.155. The molecule has 1 aromatic carbocycles. The van der Waals surface area contributed by atoms with Crippen molar-refractivity contribution >= 4 is 27.7 Å². The fraction of sp³-hybridized carbons (Fsp3) is 0. The van der Waals surface area contributed by atoms with E-state index < -0.39 is 0 Å². The summed E-state index contributed by atoms with van der Waals surface area (Å²) in [5, 5.41) is 0.931. The molecule has 4 aromatic rings. The Hall–Kier alpha value is -3.08. The number of fused-ring (bicyclic) bond motifs is 3. The van der Waals surface area contributed by atoms with E-state index in [1.807, 2.05) is 24.3 Å². The average Bonchev–Trinajstić information content (AvgIpc) is 2.99. The van der Waals surface area contributed by atoms with Crippen LogP contribution in [0.4, 0.5) is 0 Å². The molecular weight excluding hydrogens is 264 g/mol. The monoisotopic (exact) mass is 274 g/mol. The van der Waals surface area contributed by atoms with Gasteiger partial charge in [0.1, 0.15) is 5.52 Å². The molecule has 3 aromatic heterocycles. The molecule has 1 N–H and O–H groups in total. The van der Waals surface area contributed by atoms with Crippen molar-refractivity contribution in [1.82, 2.24) is 19.9 Å². The molecule has 0 aliphatic carbocycles. The number of hydrogen-bond acceptors (Lipinski definition) is 4. The molecule has 0 radical (unpaired) electrons. The van der Waals surface area contributed by atoms with Crippen LogP contribution >= 0.6 is 0 Å². The lowest BCUT2D eigenvalue weighted by Gasteiger charge is -1.95. The van der Waals surface area contributed by atoms with Crippen molar-refractivity contribution in [3.8, 4) is 0 Å². The summed E-state index contributed by atoms with van der Waals surface area (Å²) in [6.45, 7) is 0. The summed E-state index contributed by atoms with van der Waals surface area (Å²) >= 11 is 0. The number of nitrogens with zero attached hydrogens (tertiary/aromatic N) is 3. The van der Waals surface area contributed by atoms with Gasteiger partial charge in [-0.2, -0.15) is 0 Å². The second-order valence-corrected chi connectivity index (χ2v) is 4.69. The van der Waals surface area contributed by atoms with Crippen LogP contribution in [0.15, 0.2) is 55.0 Å². The molecule has 0 bridgehead atoms. The Morgan fingerprint density at radius 2 is 1.86 bits per heavy atom. The second-order valence-electron chi connectivity index (χ2n) is 4.69. The molecule has 0 aliphatic heterocycles. The molecule has 5 nitrogen and oxygen atoms in total. The Balaban J connectivity index is 1.91. The lowest BCUT2D eigenvalue weighted by Crippen LogP contribution is -2.03. The van der Waals surface area contributed by atoms with E-state index in [4.69, 9.17) is 0 Å². The highest BCUT2D eigenvalue weighted by molar-refractivity contribution is 6.10. The number of imidazole rings is 1. The third-order valence-electron chi connectivity index (χ3n) is 3.38. The Morgan fingerprint density at radius 3 is 2.71 bits per heavy atom. The van der Waals surface area contributed by atoms with Crippen LogP contribution in [-0.4, -0.2) is 25.7 Å². The van der Waals surface area contributed by atoms with Crippen LogP contribution in [-0.2, 0) is 0 Å². The van der Waals surface area contributed by atoms with Gasteiger partial charge in [0.05, 0.1) is 17.2 Å². The highest BCUT2D eigenvalue weighted by atomic mass is 16.1. The maximum Gasteiger partial charge on any atom is 0.228 e. The number of aromatic nitrogens is 4. The molecule has 0 saturated carbocycles. The van der Waals surface area contributed by atoms with Crippen LogP contribution in [0, 0.1) is 0 Å². The SMILES string of the molecule is O=C(c1ccncc1)c1nc2c(cnc3ccccc32)[nH]1. The first-order chi connectivity index (χ1) is 10.3. The third-order valence-corrected chi connectivity index (χ3v) is 3.38. The first kappa shape index (κ1) is 11.7. The Kier molecular flexibility index (Phi) is 2.50. The van der Waals surface area contributed by atoms with Crippen molar-refractivity contribution in [1.29, 1.82) is 0 Å². The molecule has 0 atom stereocenters. The first-order valence-corrected chi connectivity index (χ1v) is 6.51. The number of para-hydroxylation sites is 1. The van der Waals surface area contributed by atoms with Crippen molar-refractivity contribution in [2.45, 2.75) is 0 Å². The number of nitrogens with one attached hydrogen (secondary N) is 1. The highest BCUT2D eigenvalue weighted by Gasteiger charge is 2.15. The van der Waals surface area contributed by atoms with Gasteiger partial charge in [0.15, 0.2) is 5.82 Å². The molecule has 0 amide bonds. The van der Waals surface area contributed by atoms with Crippen molar-refractivity contribution in [3.05, 3.63) is 66.4 Å². The second kappa shape index (κ2) is 4.49. The van der Waals surface area contributed by atoms with E-state index in [1.54, 1.807) is 30.7 Å². The zero-order valence-corrected chi connectivity index (χ0v) is 10.9. The lowest BCUT2D eigenvalue weighted by molar-refractivity contribution is 0.103. The summed E-state index contributed by atoms with van der Waals surface area (Å²) in [7, 11) is 0. The number of rotatable bonds is 2. The molecule has 3 heterocycles. The average molecular weight is 274 g/mol. The number of pyridine rings is 2. The number of hydrogen-bond donors (Lipinski definition) is 1. The summed E-state index contributed by atoms with van der Waals surface area (Å²) in [6.07, 6.45) is 4.88. The summed E-state index contributed by atoms with van der Waals surface area (Å²) in [6, 6.07) is 11.1. The Morgan fingerprint density at radius 1 is 1.05 bits per heavy atom. The Labute approximate surface area is 119 Å². The van der Waals surface area contributed by atoms with E-state index in [0.717, 1.165) is 21.9 Å². The van der Waals surface area contributed by atoms with Crippen LogP contribution in [0.3, 0.4) is 0 Å². The van der Waals surface area contributed by atoms with Gasteiger partial charge in [-0.15, -0.1) is 0 Å². The van der Waals surface area contributed by atoms with E-state index in [2.05, 4.69) is 19.9 Å². The quantitative estimate of drug-likeness (QED) is 0.570. The van der Waals surface area contributed by atoms with Crippen molar-refractivity contribution in [2.24, 2.45) is 0 Å². The molecule has 0 unspecified atom stereocenters. The molecular formula is C16H10N4O. The minimum Gasteiger partial charge on any atom is -0.334 e. The largest absolute Gasteiger partial charge is 0.334 e. The molecule has 100 valence electrons. The number of carbonyl (C=O) groups excluding carboxylic acids is 1. The van der Waals surface area contributed by atoms with E-state index in [9.17, 15) is 4.79 Å². The number of ketones is 1. The molecule has 0 saturated heterocycles. The first-order valence-electron chi connectivity index (χ1n) is 6.51. The van der Waals surface area contributed by atoms with Gasteiger partial charge < -0.3 is 4.98 Å². The lowest BCUT2D eigenvalue weighted by atomic mass is 10.2. The van der Waals surface area contributed by atoms with Crippen molar-refractivity contribution < 1.29 is 4.79 Å². The fourth-order valence-electron chi connectivity index (χ4n) is 2.35. The van der Waals surface area contributed by atoms with Crippen LogP contribution in [0.25, 0.3) is 21.9 Å². The molecule has 21 heavy (non-hydrogen) atoms. The van der Waals surface area contributed by atoms with Crippen molar-refractivity contribution in [3.63, 3.8) is 0 Å². The van der Waals surface area contributed by atoms with Gasteiger partial charge in [-0.05, 0) is 18.2 Å². The van der Waals surface area contributed by atoms with Gasteiger partial charge in [-0.1, -0.05) is 18.2 Å². The number of carbonyl (C=O) groups is 1. The molecule has 5 heteroatoms. The summed E-state index contributed by atoms with van der Waals surface area (Å²) < 4.78 is 0. The van der Waals surface area contributed by atoms with Gasteiger partial charge in [0, 0.05) is 23.3 Å². The third kappa shape index (κ3) is 1.87. The van der Waals surface area contributed by atoms with Crippen molar-refractivity contribution in [2.75, 3.05) is 0 Å². The van der Waals surface area contributed by atoms with E-state index in [-0.39, 0.29) is 5.78 Å². The van der Waals surface area contributed by atoms with E-state index in [1.165, 1.54) is 0 Å². The normalized spacial score (nSPS) is 11.0. The predicted molar refractivity (Wildman–Crippen MR) is 79.1 cm³/mol. The zero-order chi connectivity index (χ0) is 14.2. The maximum atomic E-state index is 12.4. The molecule has 0 fully saturated rings. The Bertz CT molecular complexity index is 960. The summed E-state index contributed by atoms with van der Waals surface area (Å²) in [4.78, 5) is 28.2. The number of H-pyrrole nitrogens is 1. The maximum absolute atomic E-state index is 12.4. The fourth-order valence-corrected chi connectivity index (χ4v) is 2.35. The van der Waals surface area contributed by atoms with Crippen LogP contribution in [0.1, 0.15) is 16.2 Å². The molecule has 4 rings (SSSR count). The van der Waals surface area contributed by atoms with Gasteiger partial charge in [0.25, 0.3) is 0 Å². The number of benzene rings is 1. The molecule has 0 spiro atoms. The van der Waals surface area contributed by atoms with Crippen LogP contribution in [0.2, 0.25) is 0 Å². The van der Waals surface area contributed by atoms with Gasteiger partial charge >= 0.3 is 0 Å². The van der Waals surface area contributed by atoms with Gasteiger partial charge in [0.2, 0.25) is 5.78 Å². The summed E-state index contributed by atoms with van der Waals surface area (Å²) in [5.74, 6) is 0.159. The minimum absolute atomic E-state index is 0.155. The highest BCUT2D eigenvalue weighted by Crippen LogP contribution is 2.22. The van der Waals surface area contributed by atoms with Gasteiger partial charge in [-0.25, -0.2) is 4.98 Å². The molecule has 0 aliphatic rings. The van der Waals surface area contributed by atoms with E-state index in [0.29, 0.717) is 11.4 Å². The standard InChI is InChI=1S/C16H10N4O/c21-15(10-5-7-17-8-6-10)16-19-13-9-18-12-4-2-1-3-11(12)14(13)20-16/h1-9H,(H,19,20). The van der Waals surface area contributed by atoms with Crippen LogP contribution < -0.4 is 0 Å². The van der Waals surface area contributed by atoms with Gasteiger partial charge in [-0.3, -0.25) is 14.8 Å². The summed E-state index contributed by atoms with van der Waals surface area (Å²) in [5.41, 5.74) is 2.94.